The number of carbonyl (C=O) groups excluding carboxylic acids is 1. The zero-order valence-corrected chi connectivity index (χ0v) is 13.9. The Morgan fingerprint density at radius 2 is 2.14 bits per heavy atom. The Kier molecular flexibility index (Phi) is 5.55. The van der Waals surface area contributed by atoms with Crippen LogP contribution in [0, 0.1) is 5.82 Å². The van der Waals surface area contributed by atoms with Crippen LogP contribution in [0.3, 0.4) is 0 Å². The van der Waals surface area contributed by atoms with Gasteiger partial charge in [-0.15, -0.1) is 11.3 Å². The zero-order chi connectivity index (χ0) is 16.2. The van der Waals surface area contributed by atoms with Gasteiger partial charge in [-0.1, -0.05) is 0 Å². The molecule has 2 aromatic rings. The molecule has 1 aromatic carbocycles. The maximum Gasteiger partial charge on any atom is 0.270 e. The number of thioether (sulfide) groups is 1. The summed E-state index contributed by atoms with van der Waals surface area (Å²) in [5.74, 6) is -0.106. The van der Waals surface area contributed by atoms with Crippen LogP contribution >= 0.6 is 23.1 Å². The van der Waals surface area contributed by atoms with Crippen LogP contribution < -0.4 is 5.32 Å². The largest absolute Gasteiger partial charge is 0.387 e. The van der Waals surface area contributed by atoms with Crippen molar-refractivity contribution in [2.45, 2.75) is 12.5 Å². The van der Waals surface area contributed by atoms with E-state index in [0.29, 0.717) is 16.5 Å². The molecule has 4 nitrogen and oxygen atoms in total. The molecule has 0 bridgehead atoms. The van der Waals surface area contributed by atoms with Crippen LogP contribution in [0.25, 0.3) is 10.6 Å². The molecule has 0 saturated heterocycles. The summed E-state index contributed by atoms with van der Waals surface area (Å²) in [6, 6.07) is 5.96. The Balaban J connectivity index is 2.02. The maximum absolute atomic E-state index is 12.9. The number of nitrogens with one attached hydrogen (secondary N) is 1. The van der Waals surface area contributed by atoms with Gasteiger partial charge in [0.15, 0.2) is 0 Å². The Morgan fingerprint density at radius 1 is 1.45 bits per heavy atom. The Labute approximate surface area is 136 Å². The Hall–Kier alpha value is -1.44. The second-order valence-electron chi connectivity index (χ2n) is 5.16. The second kappa shape index (κ2) is 7.21. The molecule has 7 heteroatoms. The zero-order valence-electron chi connectivity index (χ0n) is 12.3. The van der Waals surface area contributed by atoms with Gasteiger partial charge in [0.05, 0.1) is 5.60 Å². The van der Waals surface area contributed by atoms with Gasteiger partial charge < -0.3 is 10.4 Å². The predicted octanol–water partition coefficient (Wildman–Crippen LogP) is 2.79. The highest BCUT2D eigenvalue weighted by atomic mass is 32.2. The minimum absolute atomic E-state index is 0.163. The van der Waals surface area contributed by atoms with Crippen LogP contribution in [0.2, 0.25) is 0 Å². The van der Waals surface area contributed by atoms with Crippen LogP contribution in [-0.2, 0) is 0 Å². The summed E-state index contributed by atoms with van der Waals surface area (Å²) in [7, 11) is 0. The standard InChI is InChI=1S/C15H17FN2O2S2/c1-15(20,9-21-2)8-17-13(19)12-7-22-14(18-12)10-3-5-11(16)6-4-10/h3-7,20H,8-9H2,1-2H3,(H,17,19). The molecule has 1 amide bonds. The fourth-order valence-electron chi connectivity index (χ4n) is 1.83. The lowest BCUT2D eigenvalue weighted by atomic mass is 10.1. The van der Waals surface area contributed by atoms with Gasteiger partial charge in [0.1, 0.15) is 16.5 Å². The number of thiazole rings is 1. The molecular weight excluding hydrogens is 323 g/mol. The first kappa shape index (κ1) is 16.9. The molecule has 0 saturated carbocycles. The van der Waals surface area contributed by atoms with Gasteiger partial charge in [-0.05, 0) is 37.4 Å². The molecular formula is C15H17FN2O2S2. The average Bonchev–Trinajstić information content (AvgIpc) is 2.95. The molecule has 0 fully saturated rings. The van der Waals surface area contributed by atoms with E-state index in [1.807, 2.05) is 6.26 Å². The third-order valence-corrected chi connectivity index (χ3v) is 4.71. The highest BCUT2D eigenvalue weighted by molar-refractivity contribution is 7.98. The van der Waals surface area contributed by atoms with Crippen molar-refractivity contribution >= 4 is 29.0 Å². The van der Waals surface area contributed by atoms with Gasteiger partial charge in [-0.25, -0.2) is 9.37 Å². The summed E-state index contributed by atoms with van der Waals surface area (Å²) in [6.07, 6.45) is 1.89. The second-order valence-corrected chi connectivity index (χ2v) is 6.88. The van der Waals surface area contributed by atoms with Crippen LogP contribution in [0.5, 0.6) is 0 Å². The summed E-state index contributed by atoms with van der Waals surface area (Å²) in [5.41, 5.74) is 0.106. The first-order valence-corrected chi connectivity index (χ1v) is 8.89. The molecule has 1 atom stereocenters. The minimum atomic E-state index is -0.953. The molecule has 0 aliphatic rings. The van der Waals surface area contributed by atoms with Crippen LogP contribution in [0.15, 0.2) is 29.6 Å². The summed E-state index contributed by atoms with van der Waals surface area (Å²) in [5, 5.41) is 15.0. The van der Waals surface area contributed by atoms with Crippen molar-refractivity contribution < 1.29 is 14.3 Å². The molecule has 22 heavy (non-hydrogen) atoms. The van der Waals surface area contributed by atoms with E-state index in [9.17, 15) is 14.3 Å². The summed E-state index contributed by atoms with van der Waals surface area (Å²) < 4.78 is 12.9. The van der Waals surface area contributed by atoms with E-state index in [4.69, 9.17) is 0 Å². The van der Waals surface area contributed by atoms with Crippen molar-refractivity contribution in [1.82, 2.24) is 10.3 Å². The normalized spacial score (nSPS) is 13.6. The first-order chi connectivity index (χ1) is 10.4. The predicted molar refractivity (Wildman–Crippen MR) is 88.8 cm³/mol. The lowest BCUT2D eigenvalue weighted by Gasteiger charge is -2.22. The number of aromatic nitrogens is 1. The third kappa shape index (κ3) is 4.53. The van der Waals surface area contributed by atoms with Crippen molar-refractivity contribution in [3.8, 4) is 10.6 Å². The van der Waals surface area contributed by atoms with Crippen molar-refractivity contribution in [1.29, 1.82) is 0 Å². The Morgan fingerprint density at radius 3 is 2.77 bits per heavy atom. The number of benzene rings is 1. The van der Waals surface area contributed by atoms with Gasteiger partial charge in [-0.3, -0.25) is 4.79 Å². The van der Waals surface area contributed by atoms with E-state index in [1.165, 1.54) is 35.2 Å². The molecule has 0 spiro atoms. The van der Waals surface area contributed by atoms with E-state index < -0.39 is 5.60 Å². The molecule has 118 valence electrons. The van der Waals surface area contributed by atoms with Gasteiger partial charge in [-0.2, -0.15) is 11.8 Å². The van der Waals surface area contributed by atoms with Crippen molar-refractivity contribution in [3.63, 3.8) is 0 Å². The lowest BCUT2D eigenvalue weighted by Crippen LogP contribution is -2.42. The summed E-state index contributed by atoms with van der Waals surface area (Å²) >= 11 is 2.83. The van der Waals surface area contributed by atoms with E-state index in [-0.39, 0.29) is 18.3 Å². The number of rotatable bonds is 6. The summed E-state index contributed by atoms with van der Waals surface area (Å²) in [4.78, 5) is 16.3. The monoisotopic (exact) mass is 340 g/mol. The van der Waals surface area contributed by atoms with E-state index >= 15 is 0 Å². The first-order valence-electron chi connectivity index (χ1n) is 6.62. The number of amides is 1. The van der Waals surface area contributed by atoms with Crippen LogP contribution in [0.4, 0.5) is 4.39 Å². The molecule has 1 aromatic heterocycles. The van der Waals surface area contributed by atoms with Crippen molar-refractivity contribution in [3.05, 3.63) is 41.2 Å². The van der Waals surface area contributed by atoms with Crippen molar-refractivity contribution in [2.75, 3.05) is 18.6 Å². The molecule has 0 aliphatic carbocycles. The smallest absolute Gasteiger partial charge is 0.270 e. The fraction of sp³-hybridized carbons (Fsp3) is 0.333. The fourth-order valence-corrected chi connectivity index (χ4v) is 3.36. The maximum atomic E-state index is 12.9. The van der Waals surface area contributed by atoms with E-state index in [0.717, 1.165) is 5.56 Å². The minimum Gasteiger partial charge on any atom is -0.387 e. The number of halogens is 1. The molecule has 0 radical (unpaired) electrons. The van der Waals surface area contributed by atoms with Gasteiger partial charge in [0.25, 0.3) is 5.91 Å². The number of carbonyl (C=O) groups is 1. The quantitative estimate of drug-likeness (QED) is 0.849. The number of hydrogen-bond donors (Lipinski definition) is 2. The van der Waals surface area contributed by atoms with Crippen LogP contribution in [-0.4, -0.2) is 40.2 Å². The molecule has 2 rings (SSSR count). The average molecular weight is 340 g/mol. The molecule has 2 N–H and O–H groups in total. The topological polar surface area (TPSA) is 62.2 Å². The summed E-state index contributed by atoms with van der Waals surface area (Å²) in [6.45, 7) is 1.84. The highest BCUT2D eigenvalue weighted by Gasteiger charge is 2.21. The Bertz CT molecular complexity index is 641. The van der Waals surface area contributed by atoms with E-state index in [2.05, 4.69) is 10.3 Å². The van der Waals surface area contributed by atoms with Crippen molar-refractivity contribution in [2.24, 2.45) is 0 Å². The van der Waals surface area contributed by atoms with E-state index in [1.54, 1.807) is 24.4 Å². The number of nitrogens with zero attached hydrogens (tertiary/aromatic N) is 1. The molecule has 0 aliphatic heterocycles. The SMILES string of the molecule is CSCC(C)(O)CNC(=O)c1csc(-c2ccc(F)cc2)n1. The number of hydrogen-bond acceptors (Lipinski definition) is 5. The van der Waals surface area contributed by atoms with Gasteiger partial charge >= 0.3 is 0 Å². The number of aliphatic hydroxyl groups is 1. The van der Waals surface area contributed by atoms with Crippen LogP contribution in [0.1, 0.15) is 17.4 Å². The highest BCUT2D eigenvalue weighted by Crippen LogP contribution is 2.23. The van der Waals surface area contributed by atoms with Gasteiger partial charge in [0.2, 0.25) is 0 Å². The lowest BCUT2D eigenvalue weighted by molar-refractivity contribution is 0.0723. The molecule has 1 heterocycles. The third-order valence-electron chi connectivity index (χ3n) is 2.91. The van der Waals surface area contributed by atoms with Gasteiger partial charge in [0, 0.05) is 23.2 Å². The molecule has 1 unspecified atom stereocenters.